The number of aromatic hydroxyl groups is 1. The first kappa shape index (κ1) is 16.6. The number of ether oxygens (including phenoxy) is 1. The number of fused-ring (bicyclic) bond motifs is 2. The molecular weight excluding hydrogens is 352 g/mol. The molecule has 0 saturated heterocycles. The maximum atomic E-state index is 13.2. The van der Waals surface area contributed by atoms with Crippen LogP contribution < -0.4 is 4.74 Å². The third kappa shape index (κ3) is 2.74. The lowest BCUT2D eigenvalue weighted by Gasteiger charge is -2.16. The van der Waals surface area contributed by atoms with E-state index in [1.807, 2.05) is 36.4 Å². The van der Waals surface area contributed by atoms with Gasteiger partial charge in [0.25, 0.3) is 0 Å². The Labute approximate surface area is 162 Å². The summed E-state index contributed by atoms with van der Waals surface area (Å²) in [5, 5.41) is 10.4. The third-order valence-corrected chi connectivity index (χ3v) is 5.12. The van der Waals surface area contributed by atoms with Crippen LogP contribution in [0.5, 0.6) is 11.5 Å². The predicted octanol–water partition coefficient (Wildman–Crippen LogP) is 5.36. The van der Waals surface area contributed by atoms with Gasteiger partial charge in [-0.3, -0.25) is 4.79 Å². The van der Waals surface area contributed by atoms with Crippen LogP contribution in [0, 0.1) is 0 Å². The molecule has 0 saturated carbocycles. The van der Waals surface area contributed by atoms with Gasteiger partial charge in [0.2, 0.25) is 5.78 Å². The van der Waals surface area contributed by atoms with E-state index in [1.165, 1.54) is 12.1 Å². The molecular formula is C24H18O4. The lowest BCUT2D eigenvalue weighted by molar-refractivity contribution is 0.101. The van der Waals surface area contributed by atoms with Gasteiger partial charge in [-0.05, 0) is 54.3 Å². The molecule has 0 atom stereocenters. The quantitative estimate of drug-likeness (QED) is 0.493. The van der Waals surface area contributed by atoms with Gasteiger partial charge in [-0.25, -0.2) is 0 Å². The molecule has 4 aromatic rings. The minimum absolute atomic E-state index is 0.120. The van der Waals surface area contributed by atoms with Crippen LogP contribution in [-0.4, -0.2) is 17.5 Å². The first-order chi connectivity index (χ1) is 13.7. The summed E-state index contributed by atoms with van der Waals surface area (Å²) < 4.78 is 11.8. The molecule has 1 aliphatic rings. The van der Waals surface area contributed by atoms with Gasteiger partial charge in [0.05, 0.1) is 6.61 Å². The van der Waals surface area contributed by atoms with E-state index in [0.717, 1.165) is 40.7 Å². The fourth-order valence-electron chi connectivity index (χ4n) is 3.74. The van der Waals surface area contributed by atoms with Crippen LogP contribution >= 0.6 is 0 Å². The minimum atomic E-state index is -0.214. The van der Waals surface area contributed by atoms with E-state index < -0.39 is 0 Å². The van der Waals surface area contributed by atoms with Crippen LogP contribution in [0.3, 0.4) is 0 Å². The Bertz CT molecular complexity index is 1170. The predicted molar refractivity (Wildman–Crippen MR) is 107 cm³/mol. The van der Waals surface area contributed by atoms with Crippen LogP contribution in [0.15, 0.2) is 71.1 Å². The summed E-state index contributed by atoms with van der Waals surface area (Å²) in [6, 6.07) is 20.0. The Balaban J connectivity index is 1.75. The monoisotopic (exact) mass is 370 g/mol. The van der Waals surface area contributed by atoms with Gasteiger partial charge in [0, 0.05) is 22.6 Å². The van der Waals surface area contributed by atoms with Crippen molar-refractivity contribution in [3.05, 3.63) is 83.6 Å². The first-order valence-electron chi connectivity index (χ1n) is 9.32. The molecule has 138 valence electrons. The minimum Gasteiger partial charge on any atom is -0.508 e. The number of ketones is 1. The summed E-state index contributed by atoms with van der Waals surface area (Å²) in [6.45, 7) is 0.698. The number of furan rings is 1. The lowest BCUT2D eigenvalue weighted by atomic mass is 9.96. The summed E-state index contributed by atoms with van der Waals surface area (Å²) in [7, 11) is 0. The van der Waals surface area contributed by atoms with E-state index in [1.54, 1.807) is 12.1 Å². The number of rotatable bonds is 3. The van der Waals surface area contributed by atoms with Crippen LogP contribution in [0.4, 0.5) is 0 Å². The molecule has 0 radical (unpaired) electrons. The normalized spacial score (nSPS) is 13.1. The number of phenolic OH excluding ortho intramolecular Hbond substituents is 1. The number of aryl methyl sites for hydroxylation is 1. The fourth-order valence-corrected chi connectivity index (χ4v) is 3.74. The number of phenols is 1. The van der Waals surface area contributed by atoms with E-state index in [9.17, 15) is 9.90 Å². The highest BCUT2D eigenvalue weighted by atomic mass is 16.5. The molecule has 0 fully saturated rings. The van der Waals surface area contributed by atoms with Crippen molar-refractivity contribution in [2.75, 3.05) is 6.61 Å². The second-order valence-electron chi connectivity index (χ2n) is 6.96. The third-order valence-electron chi connectivity index (χ3n) is 5.12. The second kappa shape index (κ2) is 6.57. The van der Waals surface area contributed by atoms with Gasteiger partial charge in [-0.15, -0.1) is 0 Å². The Kier molecular flexibility index (Phi) is 3.90. The summed E-state index contributed by atoms with van der Waals surface area (Å²) in [6.07, 6.45) is 1.93. The van der Waals surface area contributed by atoms with E-state index in [0.29, 0.717) is 23.5 Å². The van der Waals surface area contributed by atoms with Crippen molar-refractivity contribution >= 4 is 16.8 Å². The summed E-state index contributed by atoms with van der Waals surface area (Å²) in [5.74, 6) is 1.04. The topological polar surface area (TPSA) is 59.7 Å². The van der Waals surface area contributed by atoms with Crippen LogP contribution in [0.1, 0.15) is 28.1 Å². The zero-order valence-electron chi connectivity index (χ0n) is 15.1. The molecule has 1 aliphatic heterocycles. The van der Waals surface area contributed by atoms with Crippen LogP contribution in [0.2, 0.25) is 0 Å². The SMILES string of the molecule is O=C(c1ccc(O)cc1)c1oc2cc3c(cc2c1-c1ccccc1)CCCO3. The van der Waals surface area contributed by atoms with Gasteiger partial charge in [0.15, 0.2) is 5.76 Å². The van der Waals surface area contributed by atoms with Crippen molar-refractivity contribution in [1.29, 1.82) is 0 Å². The number of hydrogen-bond donors (Lipinski definition) is 1. The maximum absolute atomic E-state index is 13.2. The molecule has 5 rings (SSSR count). The van der Waals surface area contributed by atoms with E-state index >= 15 is 0 Å². The molecule has 1 aromatic heterocycles. The molecule has 28 heavy (non-hydrogen) atoms. The largest absolute Gasteiger partial charge is 0.508 e. The Hall–Kier alpha value is -3.53. The molecule has 1 N–H and O–H groups in total. The fraction of sp³-hybridized carbons (Fsp3) is 0.125. The Morgan fingerprint density at radius 2 is 1.75 bits per heavy atom. The van der Waals surface area contributed by atoms with Gasteiger partial charge >= 0.3 is 0 Å². The highest BCUT2D eigenvalue weighted by molar-refractivity contribution is 6.15. The van der Waals surface area contributed by atoms with Gasteiger partial charge in [-0.1, -0.05) is 30.3 Å². The number of benzene rings is 3. The maximum Gasteiger partial charge on any atom is 0.228 e. The molecule has 3 aromatic carbocycles. The molecule has 4 heteroatoms. The summed E-state index contributed by atoms with van der Waals surface area (Å²) in [4.78, 5) is 13.2. The molecule has 0 unspecified atom stereocenters. The van der Waals surface area contributed by atoms with Crippen molar-refractivity contribution in [3.63, 3.8) is 0 Å². The lowest BCUT2D eigenvalue weighted by Crippen LogP contribution is -2.07. The average molecular weight is 370 g/mol. The first-order valence-corrected chi connectivity index (χ1v) is 9.32. The zero-order chi connectivity index (χ0) is 19.1. The second-order valence-corrected chi connectivity index (χ2v) is 6.96. The van der Waals surface area contributed by atoms with Crippen molar-refractivity contribution in [1.82, 2.24) is 0 Å². The number of hydrogen-bond acceptors (Lipinski definition) is 4. The Morgan fingerprint density at radius 3 is 2.54 bits per heavy atom. The molecule has 0 amide bonds. The highest BCUT2D eigenvalue weighted by Crippen LogP contribution is 2.40. The van der Waals surface area contributed by atoms with Crippen molar-refractivity contribution in [2.24, 2.45) is 0 Å². The Morgan fingerprint density at radius 1 is 0.964 bits per heavy atom. The van der Waals surface area contributed by atoms with Crippen molar-refractivity contribution in [2.45, 2.75) is 12.8 Å². The highest BCUT2D eigenvalue weighted by Gasteiger charge is 2.25. The number of carbonyl (C=O) groups is 1. The standard InChI is InChI=1S/C24H18O4/c25-18-10-8-16(9-11-18)23(26)24-22(15-5-2-1-3-6-15)19-13-17-7-4-12-27-20(17)14-21(19)28-24/h1-3,5-6,8-11,13-14,25H,4,7,12H2. The summed E-state index contributed by atoms with van der Waals surface area (Å²) >= 11 is 0. The zero-order valence-corrected chi connectivity index (χ0v) is 15.1. The van der Waals surface area contributed by atoms with Crippen molar-refractivity contribution < 1.29 is 19.1 Å². The number of carbonyl (C=O) groups excluding carboxylic acids is 1. The average Bonchev–Trinajstić information content (AvgIpc) is 3.11. The van der Waals surface area contributed by atoms with E-state index in [4.69, 9.17) is 9.15 Å². The van der Waals surface area contributed by atoms with E-state index in [-0.39, 0.29) is 11.5 Å². The summed E-state index contributed by atoms with van der Waals surface area (Å²) in [5.41, 5.74) is 3.97. The van der Waals surface area contributed by atoms with Crippen LogP contribution in [0.25, 0.3) is 22.1 Å². The van der Waals surface area contributed by atoms with Gasteiger partial charge in [0.1, 0.15) is 17.1 Å². The molecule has 0 aliphatic carbocycles. The van der Waals surface area contributed by atoms with Crippen molar-refractivity contribution in [3.8, 4) is 22.6 Å². The molecule has 4 nitrogen and oxygen atoms in total. The molecule has 2 heterocycles. The van der Waals surface area contributed by atoms with Gasteiger partial charge in [-0.2, -0.15) is 0 Å². The smallest absolute Gasteiger partial charge is 0.228 e. The molecule has 0 spiro atoms. The van der Waals surface area contributed by atoms with Gasteiger partial charge < -0.3 is 14.3 Å². The van der Waals surface area contributed by atoms with Crippen LogP contribution in [-0.2, 0) is 6.42 Å². The molecule has 0 bridgehead atoms. The van der Waals surface area contributed by atoms with E-state index in [2.05, 4.69) is 6.07 Å².